The molecule has 2 heterocycles. The number of nitrogens with zero attached hydrogens (tertiary/aromatic N) is 3. The lowest BCUT2D eigenvalue weighted by atomic mass is 9.49. The van der Waals surface area contributed by atoms with E-state index in [9.17, 15) is 4.79 Å². The number of hydrogen-bond acceptors (Lipinski definition) is 4. The second kappa shape index (κ2) is 6.19. The Morgan fingerprint density at radius 1 is 1.04 bits per heavy atom. The lowest BCUT2D eigenvalue weighted by Crippen LogP contribution is -2.58. The van der Waals surface area contributed by atoms with Crippen LogP contribution in [-0.4, -0.2) is 42.0 Å². The van der Waals surface area contributed by atoms with E-state index in [1.165, 1.54) is 48.8 Å². The third-order valence-corrected chi connectivity index (χ3v) is 8.94. The average molecular weight is 396 g/mol. The summed E-state index contributed by atoms with van der Waals surface area (Å²) in [5, 5.41) is 1.11. The van der Waals surface area contributed by atoms with Crippen LogP contribution >= 0.6 is 11.3 Å². The number of aryl methyl sites for hydroxylation is 1. The lowest BCUT2D eigenvalue weighted by Gasteiger charge is -2.57. The van der Waals surface area contributed by atoms with Gasteiger partial charge < -0.3 is 9.80 Å². The third-order valence-electron chi connectivity index (χ3n) is 7.86. The van der Waals surface area contributed by atoms with Crippen LogP contribution in [0.1, 0.15) is 44.1 Å². The molecule has 4 nitrogen and oxygen atoms in total. The molecule has 4 saturated carbocycles. The molecule has 4 aliphatic carbocycles. The molecular weight excluding hydrogens is 366 g/mol. The van der Waals surface area contributed by atoms with E-state index in [2.05, 4.69) is 34.9 Å². The Morgan fingerprint density at radius 3 is 2.32 bits per heavy atom. The summed E-state index contributed by atoms with van der Waals surface area (Å²) >= 11 is 1.79. The second-order valence-electron chi connectivity index (χ2n) is 9.94. The van der Waals surface area contributed by atoms with E-state index in [0.717, 1.165) is 54.6 Å². The molecule has 0 spiro atoms. The zero-order chi connectivity index (χ0) is 18.9. The minimum atomic E-state index is 0.00427. The van der Waals surface area contributed by atoms with Crippen LogP contribution in [0, 0.1) is 30.1 Å². The molecule has 148 valence electrons. The zero-order valence-electron chi connectivity index (χ0n) is 16.7. The van der Waals surface area contributed by atoms with Crippen molar-refractivity contribution in [1.29, 1.82) is 0 Å². The second-order valence-corrected chi connectivity index (χ2v) is 11.0. The van der Waals surface area contributed by atoms with Crippen LogP contribution in [-0.2, 0) is 4.79 Å². The van der Waals surface area contributed by atoms with Crippen LogP contribution in [0.5, 0.6) is 0 Å². The third kappa shape index (κ3) is 2.69. The van der Waals surface area contributed by atoms with Gasteiger partial charge in [-0.1, -0.05) is 17.4 Å². The molecule has 1 aliphatic heterocycles. The standard InChI is InChI=1S/C23H29N3OS/c1-15-2-3-19-20(8-15)28-22(24-19)26-6-4-25(5-7-26)21(27)23-12-16-9-17(13-23)11-18(10-16)14-23/h2-3,8,16-18H,4-7,9-14H2,1H3. The van der Waals surface area contributed by atoms with Gasteiger partial charge in [-0.15, -0.1) is 0 Å². The van der Waals surface area contributed by atoms with E-state index in [4.69, 9.17) is 4.98 Å². The minimum absolute atomic E-state index is 0.00427. The van der Waals surface area contributed by atoms with Crippen LogP contribution in [0.2, 0.25) is 0 Å². The first kappa shape index (κ1) is 17.3. The number of thiazole rings is 1. The van der Waals surface area contributed by atoms with Crippen LogP contribution in [0.4, 0.5) is 5.13 Å². The highest BCUT2D eigenvalue weighted by Crippen LogP contribution is 2.60. The van der Waals surface area contributed by atoms with Crippen molar-refractivity contribution in [2.45, 2.75) is 45.4 Å². The molecule has 0 atom stereocenters. The highest BCUT2D eigenvalue weighted by atomic mass is 32.1. The van der Waals surface area contributed by atoms with Crippen molar-refractivity contribution in [3.63, 3.8) is 0 Å². The van der Waals surface area contributed by atoms with E-state index in [-0.39, 0.29) is 5.41 Å². The Hall–Kier alpha value is -1.62. The maximum Gasteiger partial charge on any atom is 0.228 e. The van der Waals surface area contributed by atoms with Gasteiger partial charge in [0.2, 0.25) is 5.91 Å². The molecule has 28 heavy (non-hydrogen) atoms. The van der Waals surface area contributed by atoms with Gasteiger partial charge in [-0.05, 0) is 80.9 Å². The summed E-state index contributed by atoms with van der Waals surface area (Å²) in [6.07, 6.45) is 7.73. The Labute approximate surface area is 170 Å². The average Bonchev–Trinajstić information content (AvgIpc) is 3.09. The maximum absolute atomic E-state index is 13.6. The molecule has 1 amide bonds. The molecule has 1 aromatic carbocycles. The van der Waals surface area contributed by atoms with Crippen LogP contribution in [0.15, 0.2) is 18.2 Å². The smallest absolute Gasteiger partial charge is 0.228 e. The van der Waals surface area contributed by atoms with E-state index in [0.29, 0.717) is 5.91 Å². The Morgan fingerprint density at radius 2 is 1.68 bits per heavy atom. The molecule has 5 fully saturated rings. The zero-order valence-corrected chi connectivity index (χ0v) is 17.5. The van der Waals surface area contributed by atoms with E-state index in [1.54, 1.807) is 11.3 Å². The van der Waals surface area contributed by atoms with Gasteiger partial charge in [0.1, 0.15) is 0 Å². The van der Waals surface area contributed by atoms with E-state index < -0.39 is 0 Å². The van der Waals surface area contributed by atoms with Gasteiger partial charge in [-0.25, -0.2) is 4.98 Å². The molecule has 5 heteroatoms. The predicted molar refractivity (Wildman–Crippen MR) is 114 cm³/mol. The van der Waals surface area contributed by atoms with Crippen molar-refractivity contribution in [1.82, 2.24) is 9.88 Å². The van der Waals surface area contributed by atoms with Gasteiger partial charge in [0.25, 0.3) is 0 Å². The molecule has 0 radical (unpaired) electrons. The van der Waals surface area contributed by atoms with Crippen LogP contribution in [0.25, 0.3) is 10.2 Å². The van der Waals surface area contributed by atoms with Crippen molar-refractivity contribution in [2.75, 3.05) is 31.1 Å². The number of anilines is 1. The Bertz CT molecular complexity index is 892. The SMILES string of the molecule is Cc1ccc2nc(N3CCN(C(=O)C45CC6CC(CC(C6)C4)C5)CC3)sc2c1. The molecule has 7 rings (SSSR count). The number of carbonyl (C=O) groups is 1. The minimum Gasteiger partial charge on any atom is -0.345 e. The lowest BCUT2D eigenvalue weighted by molar-refractivity contribution is -0.158. The Balaban J connectivity index is 1.16. The normalized spacial score (nSPS) is 34.4. The number of aromatic nitrogens is 1. The monoisotopic (exact) mass is 395 g/mol. The molecule has 5 aliphatic rings. The van der Waals surface area contributed by atoms with Gasteiger partial charge in [0, 0.05) is 26.2 Å². The van der Waals surface area contributed by atoms with Crippen molar-refractivity contribution in [3.05, 3.63) is 23.8 Å². The topological polar surface area (TPSA) is 36.4 Å². The molecule has 2 aromatic rings. The molecule has 0 N–H and O–H groups in total. The molecule has 4 bridgehead atoms. The predicted octanol–water partition coefficient (Wildman–Crippen LogP) is 4.47. The van der Waals surface area contributed by atoms with Gasteiger partial charge in [0.15, 0.2) is 5.13 Å². The molecular formula is C23H29N3OS. The number of rotatable bonds is 2. The number of hydrogen-bond donors (Lipinski definition) is 0. The van der Waals surface area contributed by atoms with E-state index >= 15 is 0 Å². The largest absolute Gasteiger partial charge is 0.345 e. The number of carbonyl (C=O) groups excluding carboxylic acids is 1. The van der Waals surface area contributed by atoms with Crippen LogP contribution in [0.3, 0.4) is 0 Å². The summed E-state index contributed by atoms with van der Waals surface area (Å²) in [7, 11) is 0. The van der Waals surface area contributed by atoms with Gasteiger partial charge in [-0.2, -0.15) is 0 Å². The van der Waals surface area contributed by atoms with Gasteiger partial charge in [-0.3, -0.25) is 4.79 Å². The summed E-state index contributed by atoms with van der Waals surface area (Å²) in [4.78, 5) is 23.0. The molecule has 0 unspecified atom stereocenters. The van der Waals surface area contributed by atoms with Crippen molar-refractivity contribution >= 4 is 32.6 Å². The van der Waals surface area contributed by atoms with Crippen LogP contribution < -0.4 is 4.90 Å². The van der Waals surface area contributed by atoms with Crippen molar-refractivity contribution in [3.8, 4) is 0 Å². The summed E-state index contributed by atoms with van der Waals surface area (Å²) in [6, 6.07) is 6.48. The fraction of sp³-hybridized carbons (Fsp3) is 0.652. The summed E-state index contributed by atoms with van der Waals surface area (Å²) in [5.41, 5.74) is 2.39. The first-order valence-corrected chi connectivity index (χ1v) is 11.8. The maximum atomic E-state index is 13.6. The fourth-order valence-corrected chi connectivity index (χ4v) is 8.08. The number of amides is 1. The highest BCUT2D eigenvalue weighted by Gasteiger charge is 2.55. The number of fused-ring (bicyclic) bond motifs is 1. The Kier molecular flexibility index (Phi) is 3.81. The summed E-state index contributed by atoms with van der Waals surface area (Å²) < 4.78 is 1.27. The first-order chi connectivity index (χ1) is 13.6. The van der Waals surface area contributed by atoms with Crippen molar-refractivity contribution < 1.29 is 4.79 Å². The molecule has 1 saturated heterocycles. The van der Waals surface area contributed by atoms with E-state index in [1.807, 2.05) is 0 Å². The fourth-order valence-electron chi connectivity index (χ4n) is 6.96. The summed E-state index contributed by atoms with van der Waals surface area (Å²) in [6.45, 7) is 5.67. The highest BCUT2D eigenvalue weighted by molar-refractivity contribution is 7.22. The van der Waals surface area contributed by atoms with Gasteiger partial charge in [0.05, 0.1) is 15.6 Å². The molecule has 1 aromatic heterocycles. The van der Waals surface area contributed by atoms with Gasteiger partial charge >= 0.3 is 0 Å². The number of benzene rings is 1. The first-order valence-electron chi connectivity index (χ1n) is 11.0. The number of piperazine rings is 1. The van der Waals surface area contributed by atoms with Crippen molar-refractivity contribution in [2.24, 2.45) is 23.2 Å². The summed E-state index contributed by atoms with van der Waals surface area (Å²) in [5.74, 6) is 3.00. The quantitative estimate of drug-likeness (QED) is 0.753.